The van der Waals surface area contributed by atoms with E-state index in [1.54, 1.807) is 18.0 Å². The van der Waals surface area contributed by atoms with Crippen LogP contribution in [0.1, 0.15) is 25.0 Å². The Kier molecular flexibility index (Phi) is 3.32. The van der Waals surface area contributed by atoms with Crippen molar-refractivity contribution in [3.8, 4) is 6.07 Å². The Morgan fingerprint density at radius 2 is 2.23 bits per heavy atom. The van der Waals surface area contributed by atoms with Gasteiger partial charge in [-0.2, -0.15) is 5.26 Å². The second-order valence-electron chi connectivity index (χ2n) is 3.14. The van der Waals surface area contributed by atoms with Crippen LogP contribution in [0.25, 0.3) is 0 Å². The molecule has 0 radical (unpaired) electrons. The molecule has 0 atom stereocenters. The number of pyridine rings is 1. The van der Waals surface area contributed by atoms with Gasteiger partial charge >= 0.3 is 0 Å². The van der Waals surface area contributed by atoms with Crippen LogP contribution in [0.5, 0.6) is 0 Å². The second-order valence-corrected chi connectivity index (χ2v) is 4.71. The number of aryl methyl sites for hydroxylation is 1. The Hall–Kier alpha value is -1.01. The molecule has 1 aromatic rings. The molecule has 2 nitrogen and oxygen atoms in total. The van der Waals surface area contributed by atoms with E-state index in [0.717, 1.165) is 10.6 Å². The SMILES string of the molecule is Cc1cnc(SC(C)C)c(C#N)c1. The third kappa shape index (κ3) is 2.74. The van der Waals surface area contributed by atoms with Gasteiger partial charge in [0.05, 0.1) is 5.56 Å². The molecule has 68 valence electrons. The highest BCUT2D eigenvalue weighted by molar-refractivity contribution is 7.99. The van der Waals surface area contributed by atoms with E-state index in [1.807, 2.05) is 13.0 Å². The summed E-state index contributed by atoms with van der Waals surface area (Å²) in [7, 11) is 0. The Labute approximate surface area is 83.0 Å². The Morgan fingerprint density at radius 1 is 1.54 bits per heavy atom. The lowest BCUT2D eigenvalue weighted by Crippen LogP contribution is -1.93. The quantitative estimate of drug-likeness (QED) is 0.676. The van der Waals surface area contributed by atoms with Crippen molar-refractivity contribution in [1.82, 2.24) is 4.98 Å². The smallest absolute Gasteiger partial charge is 0.114 e. The van der Waals surface area contributed by atoms with Crippen LogP contribution in [0.3, 0.4) is 0 Å². The molecule has 1 heterocycles. The van der Waals surface area contributed by atoms with E-state index in [0.29, 0.717) is 10.8 Å². The normalized spacial score (nSPS) is 10.1. The van der Waals surface area contributed by atoms with Gasteiger partial charge in [-0.25, -0.2) is 4.98 Å². The zero-order valence-corrected chi connectivity index (χ0v) is 8.85. The van der Waals surface area contributed by atoms with Crippen LogP contribution in [0.2, 0.25) is 0 Å². The minimum absolute atomic E-state index is 0.460. The van der Waals surface area contributed by atoms with Crippen LogP contribution >= 0.6 is 11.8 Å². The molecular formula is C10H12N2S. The van der Waals surface area contributed by atoms with Crippen molar-refractivity contribution in [2.75, 3.05) is 0 Å². The van der Waals surface area contributed by atoms with Gasteiger partial charge < -0.3 is 0 Å². The van der Waals surface area contributed by atoms with Crippen molar-refractivity contribution >= 4 is 11.8 Å². The zero-order chi connectivity index (χ0) is 9.84. The number of hydrogen-bond donors (Lipinski definition) is 0. The Balaban J connectivity index is 3.01. The molecule has 0 bridgehead atoms. The number of rotatable bonds is 2. The summed E-state index contributed by atoms with van der Waals surface area (Å²) in [6.07, 6.45) is 1.80. The number of nitrogens with zero attached hydrogens (tertiary/aromatic N) is 2. The van der Waals surface area contributed by atoms with E-state index in [2.05, 4.69) is 24.9 Å². The molecule has 0 saturated heterocycles. The number of thioether (sulfide) groups is 1. The standard InChI is InChI=1S/C10H12N2S/c1-7(2)13-10-9(5-11)4-8(3)6-12-10/h4,6-7H,1-3H3. The highest BCUT2D eigenvalue weighted by Crippen LogP contribution is 2.24. The lowest BCUT2D eigenvalue weighted by molar-refractivity contribution is 1.05. The maximum Gasteiger partial charge on any atom is 0.114 e. The first-order chi connectivity index (χ1) is 6.13. The fourth-order valence-corrected chi connectivity index (χ4v) is 1.75. The van der Waals surface area contributed by atoms with Gasteiger partial charge in [0.15, 0.2) is 0 Å². The fourth-order valence-electron chi connectivity index (χ4n) is 0.954. The van der Waals surface area contributed by atoms with Gasteiger partial charge in [-0.1, -0.05) is 13.8 Å². The molecular weight excluding hydrogens is 180 g/mol. The summed E-state index contributed by atoms with van der Waals surface area (Å²) < 4.78 is 0. The van der Waals surface area contributed by atoms with Gasteiger partial charge in [0.25, 0.3) is 0 Å². The maximum atomic E-state index is 8.85. The van der Waals surface area contributed by atoms with Gasteiger partial charge in [0.1, 0.15) is 11.1 Å². The summed E-state index contributed by atoms with van der Waals surface area (Å²) in [5.74, 6) is 0. The fraction of sp³-hybridized carbons (Fsp3) is 0.400. The molecule has 0 N–H and O–H groups in total. The van der Waals surface area contributed by atoms with Crippen LogP contribution in [0.4, 0.5) is 0 Å². The zero-order valence-electron chi connectivity index (χ0n) is 8.03. The largest absolute Gasteiger partial charge is 0.248 e. The van der Waals surface area contributed by atoms with E-state index >= 15 is 0 Å². The monoisotopic (exact) mass is 192 g/mol. The third-order valence-corrected chi connectivity index (χ3v) is 2.48. The maximum absolute atomic E-state index is 8.85. The second kappa shape index (κ2) is 4.29. The minimum atomic E-state index is 0.460. The van der Waals surface area contributed by atoms with Crippen molar-refractivity contribution in [3.63, 3.8) is 0 Å². The number of nitriles is 1. The average Bonchev–Trinajstić information content (AvgIpc) is 2.07. The van der Waals surface area contributed by atoms with Crippen molar-refractivity contribution < 1.29 is 0 Å². The van der Waals surface area contributed by atoms with E-state index in [-0.39, 0.29) is 0 Å². The van der Waals surface area contributed by atoms with Crippen LogP contribution in [0, 0.1) is 18.3 Å². The highest BCUT2D eigenvalue weighted by Gasteiger charge is 2.06. The summed E-state index contributed by atoms with van der Waals surface area (Å²) in [5, 5.41) is 10.1. The molecule has 0 spiro atoms. The topological polar surface area (TPSA) is 36.7 Å². The molecule has 0 amide bonds. The van der Waals surface area contributed by atoms with Gasteiger partial charge in [-0.15, -0.1) is 11.8 Å². The molecule has 1 aromatic heterocycles. The first-order valence-electron chi connectivity index (χ1n) is 4.17. The lowest BCUT2D eigenvalue weighted by atomic mass is 10.2. The summed E-state index contributed by atoms with van der Waals surface area (Å²) in [6, 6.07) is 4.03. The molecule has 0 aliphatic heterocycles. The minimum Gasteiger partial charge on any atom is -0.248 e. The third-order valence-electron chi connectivity index (χ3n) is 1.46. The van der Waals surface area contributed by atoms with E-state index in [9.17, 15) is 0 Å². The van der Waals surface area contributed by atoms with Crippen LogP contribution < -0.4 is 0 Å². The van der Waals surface area contributed by atoms with Crippen LogP contribution in [0.15, 0.2) is 17.3 Å². The van der Waals surface area contributed by atoms with E-state index in [4.69, 9.17) is 5.26 Å². The average molecular weight is 192 g/mol. The van der Waals surface area contributed by atoms with Crippen molar-refractivity contribution in [2.24, 2.45) is 0 Å². The number of aromatic nitrogens is 1. The van der Waals surface area contributed by atoms with Crippen LogP contribution in [-0.4, -0.2) is 10.2 Å². The van der Waals surface area contributed by atoms with Crippen molar-refractivity contribution in [1.29, 1.82) is 5.26 Å². The molecule has 0 aromatic carbocycles. The van der Waals surface area contributed by atoms with Gasteiger partial charge in [0, 0.05) is 11.4 Å². The Morgan fingerprint density at radius 3 is 2.77 bits per heavy atom. The van der Waals surface area contributed by atoms with Gasteiger partial charge in [0.2, 0.25) is 0 Å². The molecule has 1 rings (SSSR count). The molecule has 0 saturated carbocycles. The first-order valence-corrected chi connectivity index (χ1v) is 5.05. The molecule has 3 heteroatoms. The molecule has 0 fully saturated rings. The molecule has 0 aliphatic carbocycles. The number of hydrogen-bond acceptors (Lipinski definition) is 3. The summed E-state index contributed by atoms with van der Waals surface area (Å²) in [4.78, 5) is 4.23. The van der Waals surface area contributed by atoms with E-state index < -0.39 is 0 Å². The molecule has 0 unspecified atom stereocenters. The lowest BCUT2D eigenvalue weighted by Gasteiger charge is -2.05. The first kappa shape index (κ1) is 10.1. The Bertz CT molecular complexity index is 339. The van der Waals surface area contributed by atoms with E-state index in [1.165, 1.54) is 0 Å². The highest BCUT2D eigenvalue weighted by atomic mass is 32.2. The van der Waals surface area contributed by atoms with Crippen molar-refractivity contribution in [3.05, 3.63) is 23.4 Å². The molecule has 0 aliphatic rings. The van der Waals surface area contributed by atoms with Gasteiger partial charge in [-0.3, -0.25) is 0 Å². The van der Waals surface area contributed by atoms with Gasteiger partial charge in [-0.05, 0) is 18.6 Å². The van der Waals surface area contributed by atoms with Crippen molar-refractivity contribution in [2.45, 2.75) is 31.0 Å². The summed E-state index contributed by atoms with van der Waals surface area (Å²) >= 11 is 1.62. The summed E-state index contributed by atoms with van der Waals surface area (Å²) in [5.41, 5.74) is 1.71. The summed E-state index contributed by atoms with van der Waals surface area (Å²) in [6.45, 7) is 6.12. The van der Waals surface area contributed by atoms with Crippen LogP contribution in [-0.2, 0) is 0 Å². The predicted molar refractivity (Wildman–Crippen MR) is 54.7 cm³/mol. The molecule has 13 heavy (non-hydrogen) atoms. The predicted octanol–water partition coefficient (Wildman–Crippen LogP) is 2.76.